The number of phenolic OH excluding ortho intramolecular Hbond substituents is 1. The lowest BCUT2D eigenvalue weighted by atomic mass is 9.95. The molecule has 142 valence electrons. The van der Waals surface area contributed by atoms with Gasteiger partial charge in [-0.1, -0.05) is 18.7 Å². The Balaban J connectivity index is 1.76. The van der Waals surface area contributed by atoms with Gasteiger partial charge in [0.15, 0.2) is 0 Å². The van der Waals surface area contributed by atoms with E-state index in [-0.39, 0.29) is 29.7 Å². The Morgan fingerprint density at radius 2 is 2.14 bits per heavy atom. The highest BCUT2D eigenvalue weighted by molar-refractivity contribution is 6.04. The lowest BCUT2D eigenvalue weighted by Gasteiger charge is -2.16. The van der Waals surface area contributed by atoms with Crippen molar-refractivity contribution in [1.29, 1.82) is 0 Å². The van der Waals surface area contributed by atoms with Crippen molar-refractivity contribution < 1.29 is 14.7 Å². The van der Waals surface area contributed by atoms with E-state index in [1.54, 1.807) is 0 Å². The van der Waals surface area contributed by atoms with E-state index in [4.69, 9.17) is 0 Å². The number of nitrogens with one attached hydrogen (secondary N) is 2. The van der Waals surface area contributed by atoms with Crippen molar-refractivity contribution in [2.45, 2.75) is 13.5 Å². The van der Waals surface area contributed by atoms with Gasteiger partial charge in [0, 0.05) is 30.2 Å². The standard InChI is InChI=1S/C21H20N4O3/c1-11(20(27)22-3)9-25-10-16-14(5-7-18(26)19(16)21(25)28)13-4-6-17-15(8-13)12(2)23-24-17/h4-8,26H,1,9-10H2,2-3H3,(H,22,27)(H,23,24). The van der Waals surface area contributed by atoms with Crippen LogP contribution in [0.3, 0.4) is 0 Å². The topological polar surface area (TPSA) is 98.3 Å². The van der Waals surface area contributed by atoms with E-state index in [0.29, 0.717) is 12.1 Å². The molecule has 2 heterocycles. The molecule has 0 atom stereocenters. The highest BCUT2D eigenvalue weighted by atomic mass is 16.3. The van der Waals surface area contributed by atoms with E-state index in [1.807, 2.05) is 31.2 Å². The number of phenols is 1. The summed E-state index contributed by atoms with van der Waals surface area (Å²) in [6, 6.07) is 9.25. The molecule has 1 aromatic heterocycles. The number of H-pyrrole nitrogens is 1. The minimum absolute atomic E-state index is 0.0580. The lowest BCUT2D eigenvalue weighted by Crippen LogP contribution is -2.31. The van der Waals surface area contributed by atoms with Crippen LogP contribution in [0.1, 0.15) is 21.6 Å². The number of aromatic nitrogens is 2. The Hall–Kier alpha value is -3.61. The number of aromatic amines is 1. The third-order valence-corrected chi connectivity index (χ3v) is 5.13. The summed E-state index contributed by atoms with van der Waals surface area (Å²) in [4.78, 5) is 26.1. The maximum Gasteiger partial charge on any atom is 0.258 e. The smallest absolute Gasteiger partial charge is 0.258 e. The summed E-state index contributed by atoms with van der Waals surface area (Å²) in [6.07, 6.45) is 0. The molecule has 0 radical (unpaired) electrons. The quantitative estimate of drug-likeness (QED) is 0.609. The Kier molecular flexibility index (Phi) is 4.15. The van der Waals surface area contributed by atoms with Gasteiger partial charge in [-0.2, -0.15) is 5.10 Å². The predicted octanol–water partition coefficient (Wildman–Crippen LogP) is 2.50. The first-order valence-electron chi connectivity index (χ1n) is 8.89. The Labute approximate surface area is 161 Å². The monoisotopic (exact) mass is 376 g/mol. The van der Waals surface area contributed by atoms with Gasteiger partial charge in [0.05, 0.1) is 17.6 Å². The van der Waals surface area contributed by atoms with Gasteiger partial charge in [-0.15, -0.1) is 0 Å². The van der Waals surface area contributed by atoms with Crippen molar-refractivity contribution in [3.05, 3.63) is 59.3 Å². The molecule has 0 bridgehead atoms. The molecule has 2 aromatic carbocycles. The number of carbonyl (C=O) groups is 2. The first-order valence-corrected chi connectivity index (χ1v) is 8.89. The molecular weight excluding hydrogens is 356 g/mol. The summed E-state index contributed by atoms with van der Waals surface area (Å²) in [5.74, 6) is -0.675. The second kappa shape index (κ2) is 6.53. The maximum absolute atomic E-state index is 12.9. The van der Waals surface area contributed by atoms with Crippen LogP contribution < -0.4 is 5.32 Å². The SMILES string of the molecule is C=C(CN1Cc2c(-c3ccc4n[nH]c(C)c4c3)ccc(O)c2C1=O)C(=O)NC. The molecule has 0 saturated heterocycles. The molecule has 1 aliphatic heterocycles. The third kappa shape index (κ3) is 2.72. The second-order valence-electron chi connectivity index (χ2n) is 6.91. The number of benzene rings is 2. The largest absolute Gasteiger partial charge is 0.507 e. The molecule has 1 aliphatic rings. The molecule has 0 aliphatic carbocycles. The van der Waals surface area contributed by atoms with E-state index in [9.17, 15) is 14.7 Å². The fraction of sp³-hybridized carbons (Fsp3) is 0.190. The Bertz CT molecular complexity index is 1150. The van der Waals surface area contributed by atoms with Crippen LogP contribution in [0.5, 0.6) is 5.75 Å². The highest BCUT2D eigenvalue weighted by Crippen LogP contribution is 2.38. The zero-order valence-corrected chi connectivity index (χ0v) is 15.7. The van der Waals surface area contributed by atoms with Crippen molar-refractivity contribution in [3.8, 4) is 16.9 Å². The fourth-order valence-electron chi connectivity index (χ4n) is 3.64. The van der Waals surface area contributed by atoms with Crippen molar-refractivity contribution in [2.24, 2.45) is 0 Å². The average Bonchev–Trinajstić information content (AvgIpc) is 3.22. The normalized spacial score (nSPS) is 13.1. The lowest BCUT2D eigenvalue weighted by molar-refractivity contribution is -0.117. The summed E-state index contributed by atoms with van der Waals surface area (Å²) in [7, 11) is 1.52. The van der Waals surface area contributed by atoms with Crippen LogP contribution in [0.4, 0.5) is 0 Å². The van der Waals surface area contributed by atoms with E-state index in [2.05, 4.69) is 22.1 Å². The fourth-order valence-corrected chi connectivity index (χ4v) is 3.64. The molecule has 0 unspecified atom stereocenters. The first kappa shape index (κ1) is 17.8. The van der Waals surface area contributed by atoms with Crippen LogP contribution >= 0.6 is 0 Å². The number of aryl methyl sites for hydroxylation is 1. The summed E-state index contributed by atoms with van der Waals surface area (Å²) in [6.45, 7) is 6.11. The zero-order valence-electron chi connectivity index (χ0n) is 15.7. The zero-order chi connectivity index (χ0) is 20.0. The molecular formula is C21H20N4O3. The van der Waals surface area contributed by atoms with Crippen LogP contribution in [-0.4, -0.2) is 45.6 Å². The molecule has 0 spiro atoms. The Morgan fingerprint density at radius 1 is 1.36 bits per heavy atom. The number of hydrogen-bond donors (Lipinski definition) is 3. The van der Waals surface area contributed by atoms with Gasteiger partial charge < -0.3 is 15.3 Å². The first-order chi connectivity index (χ1) is 13.4. The number of nitrogens with zero attached hydrogens (tertiary/aromatic N) is 2. The van der Waals surface area contributed by atoms with E-state index in [1.165, 1.54) is 18.0 Å². The number of rotatable bonds is 4. The molecule has 7 nitrogen and oxygen atoms in total. The second-order valence-corrected chi connectivity index (χ2v) is 6.91. The van der Waals surface area contributed by atoms with Crippen molar-refractivity contribution >= 4 is 22.7 Å². The van der Waals surface area contributed by atoms with Crippen LogP contribution in [-0.2, 0) is 11.3 Å². The molecule has 3 N–H and O–H groups in total. The molecule has 2 amide bonds. The summed E-state index contributed by atoms with van der Waals surface area (Å²) < 4.78 is 0. The average molecular weight is 376 g/mol. The predicted molar refractivity (Wildman–Crippen MR) is 106 cm³/mol. The van der Waals surface area contributed by atoms with Crippen LogP contribution in [0, 0.1) is 6.92 Å². The summed E-state index contributed by atoms with van der Waals surface area (Å²) in [5, 5.41) is 21.0. The van der Waals surface area contributed by atoms with Crippen LogP contribution in [0.25, 0.3) is 22.0 Å². The third-order valence-electron chi connectivity index (χ3n) is 5.13. The van der Waals surface area contributed by atoms with Gasteiger partial charge in [-0.3, -0.25) is 14.7 Å². The molecule has 0 saturated carbocycles. The van der Waals surface area contributed by atoms with Gasteiger partial charge in [0.2, 0.25) is 5.91 Å². The Morgan fingerprint density at radius 3 is 2.89 bits per heavy atom. The van der Waals surface area contributed by atoms with Gasteiger partial charge in [0.1, 0.15) is 5.75 Å². The van der Waals surface area contributed by atoms with Crippen LogP contribution in [0.15, 0.2) is 42.5 Å². The van der Waals surface area contributed by atoms with Crippen LogP contribution in [0.2, 0.25) is 0 Å². The number of aromatic hydroxyl groups is 1. The number of amides is 2. The van der Waals surface area contributed by atoms with Gasteiger partial charge in [0.25, 0.3) is 5.91 Å². The molecule has 7 heteroatoms. The summed E-state index contributed by atoms with van der Waals surface area (Å²) >= 11 is 0. The number of carbonyl (C=O) groups excluding carboxylic acids is 2. The van der Waals surface area contributed by atoms with Gasteiger partial charge in [-0.25, -0.2) is 0 Å². The van der Waals surface area contributed by atoms with Gasteiger partial charge in [-0.05, 0) is 41.8 Å². The minimum Gasteiger partial charge on any atom is -0.507 e. The molecule has 3 aromatic rings. The number of likely N-dealkylation sites (N-methyl/N-ethyl adjacent to an activating group) is 1. The molecule has 0 fully saturated rings. The van der Waals surface area contributed by atoms with E-state index >= 15 is 0 Å². The van der Waals surface area contributed by atoms with Crippen molar-refractivity contribution in [3.63, 3.8) is 0 Å². The van der Waals surface area contributed by atoms with E-state index in [0.717, 1.165) is 33.3 Å². The number of hydrogen-bond acceptors (Lipinski definition) is 4. The number of fused-ring (bicyclic) bond motifs is 2. The van der Waals surface area contributed by atoms with Gasteiger partial charge >= 0.3 is 0 Å². The molecule has 28 heavy (non-hydrogen) atoms. The van der Waals surface area contributed by atoms with Crippen molar-refractivity contribution in [1.82, 2.24) is 20.4 Å². The minimum atomic E-state index is -0.311. The van der Waals surface area contributed by atoms with E-state index < -0.39 is 0 Å². The molecule has 4 rings (SSSR count). The maximum atomic E-state index is 12.9. The van der Waals surface area contributed by atoms with Crippen molar-refractivity contribution in [2.75, 3.05) is 13.6 Å². The highest BCUT2D eigenvalue weighted by Gasteiger charge is 2.33. The summed E-state index contributed by atoms with van der Waals surface area (Å²) in [5.41, 5.74) is 4.97.